The smallest absolute Gasteiger partial charge is 0.0500 e. The van der Waals surface area contributed by atoms with E-state index >= 15 is 0 Å². The quantitative estimate of drug-likeness (QED) is 0.661. The van der Waals surface area contributed by atoms with Gasteiger partial charge in [0.2, 0.25) is 0 Å². The molecule has 78 valence electrons. The Bertz CT molecular complexity index is 175. The van der Waals surface area contributed by atoms with Crippen LogP contribution in [-0.2, 0) is 0 Å². The van der Waals surface area contributed by atoms with Crippen LogP contribution in [0.2, 0.25) is 0 Å². The largest absolute Gasteiger partial charge is 0.396 e. The molecule has 0 saturated heterocycles. The lowest BCUT2D eigenvalue weighted by Crippen LogP contribution is -2.34. The van der Waals surface area contributed by atoms with Gasteiger partial charge in [0.1, 0.15) is 0 Å². The predicted molar refractivity (Wildman–Crippen MR) is 57.8 cm³/mol. The molecule has 0 spiro atoms. The molecular formula is C11H23NO. The van der Waals surface area contributed by atoms with Crippen LogP contribution < -0.4 is 0 Å². The van der Waals surface area contributed by atoms with Crippen molar-refractivity contribution in [3.8, 4) is 0 Å². The summed E-state index contributed by atoms with van der Waals surface area (Å²) in [5.74, 6) is 0. The van der Waals surface area contributed by atoms with Crippen molar-refractivity contribution in [3.05, 3.63) is 11.6 Å². The van der Waals surface area contributed by atoms with E-state index in [2.05, 4.69) is 24.8 Å². The Hall–Kier alpha value is -0.340. The third-order valence-corrected chi connectivity index (χ3v) is 2.28. The van der Waals surface area contributed by atoms with Crippen molar-refractivity contribution >= 4 is 0 Å². The van der Waals surface area contributed by atoms with Gasteiger partial charge >= 0.3 is 0 Å². The summed E-state index contributed by atoms with van der Waals surface area (Å²) < 4.78 is 0. The Balaban J connectivity index is 4.27. The van der Waals surface area contributed by atoms with Crippen LogP contribution >= 0.6 is 0 Å². The number of allylic oxidation sites excluding steroid dienone is 2. The molecule has 0 fully saturated rings. The maximum Gasteiger partial charge on any atom is 0.0500 e. The summed E-state index contributed by atoms with van der Waals surface area (Å²) in [6.45, 7) is 7.46. The van der Waals surface area contributed by atoms with Crippen molar-refractivity contribution < 1.29 is 5.11 Å². The number of hydrogen-bond donors (Lipinski definition) is 1. The predicted octanol–water partition coefficient (Wildman–Crippen LogP) is 1.90. The number of hydrogen-bond acceptors (Lipinski definition) is 2. The van der Waals surface area contributed by atoms with Crippen LogP contribution in [0.4, 0.5) is 0 Å². The lowest BCUT2D eigenvalue weighted by Gasteiger charge is -2.30. The zero-order chi connectivity index (χ0) is 10.5. The topological polar surface area (TPSA) is 23.5 Å². The van der Waals surface area contributed by atoms with E-state index in [1.807, 2.05) is 21.0 Å². The number of rotatable bonds is 5. The summed E-state index contributed by atoms with van der Waals surface area (Å²) in [5, 5.41) is 9.32. The van der Waals surface area contributed by atoms with Gasteiger partial charge in [-0.1, -0.05) is 18.6 Å². The standard InChI is InChI=1S/C11H23NO/c1-6-10(2)7-11(3,9-13)8-12(4)5/h6,13H,7-9H2,1-5H3/b10-6-/t11-/m0/s1. The summed E-state index contributed by atoms with van der Waals surface area (Å²) in [5.41, 5.74) is 1.35. The number of aliphatic hydroxyl groups excluding tert-OH is 1. The Morgan fingerprint density at radius 1 is 1.46 bits per heavy atom. The molecule has 2 nitrogen and oxygen atoms in total. The van der Waals surface area contributed by atoms with E-state index in [-0.39, 0.29) is 12.0 Å². The van der Waals surface area contributed by atoms with Gasteiger partial charge in [-0.15, -0.1) is 0 Å². The summed E-state index contributed by atoms with van der Waals surface area (Å²) in [4.78, 5) is 2.12. The van der Waals surface area contributed by atoms with Crippen LogP contribution in [0.5, 0.6) is 0 Å². The Labute approximate surface area is 82.3 Å². The van der Waals surface area contributed by atoms with E-state index in [0.29, 0.717) is 0 Å². The maximum atomic E-state index is 9.32. The normalized spacial score (nSPS) is 17.6. The molecule has 0 heterocycles. The summed E-state index contributed by atoms with van der Waals surface area (Å²) in [7, 11) is 4.08. The Morgan fingerprint density at radius 3 is 2.31 bits per heavy atom. The van der Waals surface area contributed by atoms with Crippen molar-refractivity contribution in [1.29, 1.82) is 0 Å². The molecule has 0 aliphatic rings. The van der Waals surface area contributed by atoms with Crippen molar-refractivity contribution in [1.82, 2.24) is 4.90 Å². The van der Waals surface area contributed by atoms with Gasteiger partial charge in [0.05, 0.1) is 0 Å². The minimum Gasteiger partial charge on any atom is -0.396 e. The van der Waals surface area contributed by atoms with Crippen molar-refractivity contribution in [2.75, 3.05) is 27.2 Å². The molecule has 0 aromatic carbocycles. The second-order valence-electron chi connectivity index (χ2n) is 4.52. The Morgan fingerprint density at radius 2 is 2.00 bits per heavy atom. The van der Waals surface area contributed by atoms with E-state index in [1.54, 1.807) is 0 Å². The first-order valence-corrected chi connectivity index (χ1v) is 4.81. The van der Waals surface area contributed by atoms with Crippen molar-refractivity contribution in [2.45, 2.75) is 27.2 Å². The maximum absolute atomic E-state index is 9.32. The van der Waals surface area contributed by atoms with Gasteiger partial charge in [0.15, 0.2) is 0 Å². The van der Waals surface area contributed by atoms with Crippen LogP contribution in [0.15, 0.2) is 11.6 Å². The monoisotopic (exact) mass is 185 g/mol. The molecule has 2 heteroatoms. The fourth-order valence-corrected chi connectivity index (χ4v) is 1.70. The lowest BCUT2D eigenvalue weighted by atomic mass is 9.84. The molecule has 0 aromatic rings. The highest BCUT2D eigenvalue weighted by Crippen LogP contribution is 2.25. The molecule has 0 unspecified atom stereocenters. The van der Waals surface area contributed by atoms with Crippen molar-refractivity contribution in [2.24, 2.45) is 5.41 Å². The van der Waals surface area contributed by atoms with E-state index < -0.39 is 0 Å². The molecule has 0 aromatic heterocycles. The average molecular weight is 185 g/mol. The zero-order valence-electron chi connectivity index (χ0n) is 9.59. The highest BCUT2D eigenvalue weighted by atomic mass is 16.3. The zero-order valence-corrected chi connectivity index (χ0v) is 9.59. The van der Waals surface area contributed by atoms with Crippen LogP contribution in [-0.4, -0.2) is 37.3 Å². The summed E-state index contributed by atoms with van der Waals surface area (Å²) >= 11 is 0. The summed E-state index contributed by atoms with van der Waals surface area (Å²) in [6, 6.07) is 0. The van der Waals surface area contributed by atoms with E-state index in [9.17, 15) is 5.11 Å². The first-order valence-electron chi connectivity index (χ1n) is 4.81. The third-order valence-electron chi connectivity index (χ3n) is 2.28. The van der Waals surface area contributed by atoms with Gasteiger partial charge in [-0.05, 0) is 34.4 Å². The molecule has 1 N–H and O–H groups in total. The highest BCUT2D eigenvalue weighted by molar-refractivity contribution is 5.00. The lowest BCUT2D eigenvalue weighted by molar-refractivity contribution is 0.109. The van der Waals surface area contributed by atoms with Gasteiger partial charge < -0.3 is 10.0 Å². The third kappa shape index (κ3) is 5.06. The van der Waals surface area contributed by atoms with Crippen molar-refractivity contribution in [3.63, 3.8) is 0 Å². The molecule has 1 atom stereocenters. The first-order chi connectivity index (χ1) is 5.93. The molecule has 0 saturated carbocycles. The van der Waals surface area contributed by atoms with E-state index in [4.69, 9.17) is 0 Å². The number of nitrogens with zero attached hydrogens (tertiary/aromatic N) is 1. The molecule has 0 aliphatic carbocycles. The molecule has 0 amide bonds. The van der Waals surface area contributed by atoms with Crippen LogP contribution in [0, 0.1) is 5.41 Å². The fraction of sp³-hybridized carbons (Fsp3) is 0.818. The van der Waals surface area contributed by atoms with Crippen LogP contribution in [0.3, 0.4) is 0 Å². The van der Waals surface area contributed by atoms with Gasteiger partial charge in [0, 0.05) is 18.6 Å². The van der Waals surface area contributed by atoms with Crippen LogP contribution in [0.25, 0.3) is 0 Å². The van der Waals surface area contributed by atoms with Gasteiger partial charge in [0.25, 0.3) is 0 Å². The fourth-order valence-electron chi connectivity index (χ4n) is 1.70. The van der Waals surface area contributed by atoms with Gasteiger partial charge in [-0.25, -0.2) is 0 Å². The van der Waals surface area contributed by atoms with Gasteiger partial charge in [-0.2, -0.15) is 0 Å². The highest BCUT2D eigenvalue weighted by Gasteiger charge is 2.24. The first kappa shape index (κ1) is 12.7. The average Bonchev–Trinajstić information content (AvgIpc) is 2.02. The molecule has 0 radical (unpaired) electrons. The molecule has 0 aliphatic heterocycles. The van der Waals surface area contributed by atoms with E-state index in [0.717, 1.165) is 13.0 Å². The van der Waals surface area contributed by atoms with Crippen LogP contribution in [0.1, 0.15) is 27.2 Å². The second-order valence-corrected chi connectivity index (χ2v) is 4.52. The molecule has 13 heavy (non-hydrogen) atoms. The minimum atomic E-state index is 0.0000926. The SMILES string of the molecule is C/C=C(/C)C[C@](C)(CO)CN(C)C. The molecule has 0 bridgehead atoms. The Kier molecular flexibility index (Phi) is 5.26. The summed E-state index contributed by atoms with van der Waals surface area (Å²) in [6.07, 6.45) is 3.09. The van der Waals surface area contributed by atoms with E-state index in [1.165, 1.54) is 5.57 Å². The number of aliphatic hydroxyl groups is 1. The van der Waals surface area contributed by atoms with Gasteiger partial charge in [-0.3, -0.25) is 0 Å². The molecule has 0 rings (SSSR count). The molecular weight excluding hydrogens is 162 g/mol. The minimum absolute atomic E-state index is 0.0000926. The second kappa shape index (κ2) is 5.40.